The van der Waals surface area contributed by atoms with E-state index in [4.69, 9.17) is 15.6 Å². The van der Waals surface area contributed by atoms with Gasteiger partial charge in [0.15, 0.2) is 0 Å². The number of ether oxygens (including phenoxy) is 1. The van der Waals surface area contributed by atoms with Crippen molar-refractivity contribution in [3.05, 3.63) is 5.01 Å². The second kappa shape index (κ2) is 10.4. The first kappa shape index (κ1) is 20.5. The van der Waals surface area contributed by atoms with Gasteiger partial charge >= 0.3 is 0 Å². The van der Waals surface area contributed by atoms with Gasteiger partial charge in [-0.25, -0.2) is 0 Å². The minimum absolute atomic E-state index is 0.0420. The summed E-state index contributed by atoms with van der Waals surface area (Å²) in [5, 5.41) is 23.5. The summed E-state index contributed by atoms with van der Waals surface area (Å²) in [7, 11) is 0. The van der Waals surface area contributed by atoms with Crippen LogP contribution in [0, 0.1) is 5.92 Å². The van der Waals surface area contributed by atoms with Crippen LogP contribution >= 0.6 is 11.3 Å². The van der Waals surface area contributed by atoms with E-state index in [1.807, 2.05) is 6.92 Å². The van der Waals surface area contributed by atoms with Crippen molar-refractivity contribution in [1.82, 2.24) is 20.8 Å². The zero-order valence-electron chi connectivity index (χ0n) is 14.9. The van der Waals surface area contributed by atoms with Crippen LogP contribution in [-0.4, -0.2) is 59.0 Å². The standard InChI is InChI=1S/C16H27N5O4S/c1-2-7-25-12-4-3-10(8-11(12)19-13(23)9-22)15(24)18-6-5-14-20-21-16(17)26-14/h10-12,22H,2-9H2,1H3,(H2,17,21)(H,18,24)(H,19,23)/t10-,11+,12+/m0/s1. The highest BCUT2D eigenvalue weighted by Gasteiger charge is 2.35. The van der Waals surface area contributed by atoms with E-state index in [0.29, 0.717) is 44.0 Å². The quantitative estimate of drug-likeness (QED) is 0.463. The Morgan fingerprint density at radius 1 is 1.38 bits per heavy atom. The smallest absolute Gasteiger partial charge is 0.246 e. The summed E-state index contributed by atoms with van der Waals surface area (Å²) < 4.78 is 5.81. The van der Waals surface area contributed by atoms with Crippen LogP contribution in [0.5, 0.6) is 0 Å². The predicted molar refractivity (Wildman–Crippen MR) is 97.4 cm³/mol. The van der Waals surface area contributed by atoms with E-state index < -0.39 is 12.5 Å². The Hall–Kier alpha value is -1.78. The average molecular weight is 385 g/mol. The number of nitrogens with two attached hydrogens (primary N) is 1. The van der Waals surface area contributed by atoms with Gasteiger partial charge in [0.1, 0.15) is 11.6 Å². The van der Waals surface area contributed by atoms with Crippen LogP contribution in [0.4, 0.5) is 5.13 Å². The molecule has 1 heterocycles. The zero-order valence-corrected chi connectivity index (χ0v) is 15.8. The van der Waals surface area contributed by atoms with Crippen molar-refractivity contribution in [2.24, 2.45) is 5.92 Å². The Kier molecular flexibility index (Phi) is 8.20. The molecular weight excluding hydrogens is 358 g/mol. The van der Waals surface area contributed by atoms with Crippen molar-refractivity contribution < 1.29 is 19.4 Å². The number of aromatic nitrogens is 2. The second-order valence-corrected chi connectivity index (χ2v) is 7.42. The maximum absolute atomic E-state index is 12.4. The van der Waals surface area contributed by atoms with Crippen LogP contribution in [0.2, 0.25) is 0 Å². The third-order valence-electron chi connectivity index (χ3n) is 4.30. The summed E-state index contributed by atoms with van der Waals surface area (Å²) in [6, 6.07) is -0.270. The van der Waals surface area contributed by atoms with Crippen LogP contribution in [0.15, 0.2) is 0 Å². The molecule has 0 unspecified atom stereocenters. The number of amides is 2. The number of hydrogen-bond acceptors (Lipinski definition) is 8. The lowest BCUT2D eigenvalue weighted by Crippen LogP contribution is -2.51. The van der Waals surface area contributed by atoms with Gasteiger partial charge in [0.05, 0.1) is 12.1 Å². The predicted octanol–water partition coefficient (Wildman–Crippen LogP) is -0.149. The van der Waals surface area contributed by atoms with E-state index in [-0.39, 0.29) is 24.0 Å². The lowest BCUT2D eigenvalue weighted by Gasteiger charge is -2.35. The molecule has 1 aliphatic carbocycles. The first-order valence-corrected chi connectivity index (χ1v) is 9.72. The van der Waals surface area contributed by atoms with Gasteiger partial charge in [0, 0.05) is 25.5 Å². The molecule has 3 atom stereocenters. The molecule has 2 amide bonds. The Morgan fingerprint density at radius 3 is 2.85 bits per heavy atom. The summed E-state index contributed by atoms with van der Waals surface area (Å²) in [6.07, 6.45) is 3.24. The summed E-state index contributed by atoms with van der Waals surface area (Å²) in [4.78, 5) is 24.0. The summed E-state index contributed by atoms with van der Waals surface area (Å²) in [5.41, 5.74) is 5.53. The van der Waals surface area contributed by atoms with E-state index in [2.05, 4.69) is 20.8 Å². The molecule has 146 valence electrons. The van der Waals surface area contributed by atoms with Crippen molar-refractivity contribution in [2.45, 2.75) is 51.2 Å². The monoisotopic (exact) mass is 385 g/mol. The van der Waals surface area contributed by atoms with Gasteiger partial charge in [-0.1, -0.05) is 18.3 Å². The lowest BCUT2D eigenvalue weighted by atomic mass is 9.83. The molecule has 9 nitrogen and oxygen atoms in total. The van der Waals surface area contributed by atoms with Gasteiger partial charge < -0.3 is 26.2 Å². The molecule has 1 saturated carbocycles. The normalized spacial score (nSPS) is 22.8. The molecule has 2 rings (SSSR count). The van der Waals surface area contributed by atoms with Crippen molar-refractivity contribution in [1.29, 1.82) is 0 Å². The molecule has 1 fully saturated rings. The first-order chi connectivity index (χ1) is 12.5. The maximum atomic E-state index is 12.4. The minimum Gasteiger partial charge on any atom is -0.387 e. The number of nitrogen functional groups attached to an aromatic ring is 1. The van der Waals surface area contributed by atoms with Crippen LogP contribution in [0.3, 0.4) is 0 Å². The van der Waals surface area contributed by atoms with Crippen LogP contribution in [0.1, 0.15) is 37.6 Å². The largest absolute Gasteiger partial charge is 0.387 e. The molecule has 26 heavy (non-hydrogen) atoms. The second-order valence-electron chi connectivity index (χ2n) is 6.33. The van der Waals surface area contributed by atoms with Gasteiger partial charge in [-0.2, -0.15) is 0 Å². The molecule has 1 aliphatic rings. The molecule has 0 saturated heterocycles. The number of carbonyl (C=O) groups excluding carboxylic acids is 2. The Morgan fingerprint density at radius 2 is 2.19 bits per heavy atom. The summed E-state index contributed by atoms with van der Waals surface area (Å²) in [6.45, 7) is 2.52. The molecule has 0 bridgehead atoms. The fourth-order valence-corrected chi connectivity index (χ4v) is 3.67. The van der Waals surface area contributed by atoms with Crippen molar-refractivity contribution in [2.75, 3.05) is 25.5 Å². The van der Waals surface area contributed by atoms with Crippen LogP contribution < -0.4 is 16.4 Å². The molecule has 0 spiro atoms. The molecule has 0 aliphatic heterocycles. The number of aliphatic hydroxyl groups is 1. The molecule has 1 aromatic heterocycles. The highest BCUT2D eigenvalue weighted by Crippen LogP contribution is 2.27. The molecule has 5 N–H and O–H groups in total. The number of rotatable bonds is 9. The fraction of sp³-hybridized carbons (Fsp3) is 0.750. The summed E-state index contributed by atoms with van der Waals surface area (Å²) >= 11 is 1.31. The number of nitrogens with one attached hydrogen (secondary N) is 2. The van der Waals surface area contributed by atoms with Crippen molar-refractivity contribution in [3.63, 3.8) is 0 Å². The zero-order chi connectivity index (χ0) is 18.9. The summed E-state index contributed by atoms with van der Waals surface area (Å²) in [5.74, 6) is -0.686. The number of anilines is 1. The SMILES string of the molecule is CCCO[C@@H]1CC[C@H](C(=O)NCCc2nnc(N)s2)C[C@H]1NC(=O)CO. The van der Waals surface area contributed by atoms with Crippen molar-refractivity contribution in [3.8, 4) is 0 Å². The van der Waals surface area contributed by atoms with E-state index in [9.17, 15) is 9.59 Å². The van der Waals surface area contributed by atoms with Crippen molar-refractivity contribution >= 4 is 28.3 Å². The van der Waals surface area contributed by atoms with Gasteiger partial charge in [-0.3, -0.25) is 9.59 Å². The van der Waals surface area contributed by atoms with Gasteiger partial charge in [0.2, 0.25) is 16.9 Å². The minimum atomic E-state index is -0.571. The molecular formula is C16H27N5O4S. The Bertz CT molecular complexity index is 597. The lowest BCUT2D eigenvalue weighted by molar-refractivity contribution is -0.131. The number of nitrogens with zero attached hydrogens (tertiary/aromatic N) is 2. The molecule has 1 aromatic rings. The molecule has 0 aromatic carbocycles. The molecule has 10 heteroatoms. The third-order valence-corrected chi connectivity index (χ3v) is 5.12. The highest BCUT2D eigenvalue weighted by atomic mass is 32.1. The number of aliphatic hydroxyl groups excluding tert-OH is 1. The average Bonchev–Trinajstić information content (AvgIpc) is 3.05. The van der Waals surface area contributed by atoms with Gasteiger partial charge in [-0.05, 0) is 25.7 Å². The van der Waals surface area contributed by atoms with Crippen LogP contribution in [-0.2, 0) is 20.7 Å². The van der Waals surface area contributed by atoms with Crippen LogP contribution in [0.25, 0.3) is 0 Å². The van der Waals surface area contributed by atoms with E-state index in [1.165, 1.54) is 11.3 Å². The number of carbonyl (C=O) groups is 2. The van der Waals surface area contributed by atoms with Gasteiger partial charge in [-0.15, -0.1) is 10.2 Å². The van der Waals surface area contributed by atoms with E-state index >= 15 is 0 Å². The highest BCUT2D eigenvalue weighted by molar-refractivity contribution is 7.15. The number of hydrogen-bond donors (Lipinski definition) is 4. The van der Waals surface area contributed by atoms with E-state index in [1.54, 1.807) is 0 Å². The maximum Gasteiger partial charge on any atom is 0.246 e. The third kappa shape index (κ3) is 6.19. The topological polar surface area (TPSA) is 139 Å². The van der Waals surface area contributed by atoms with E-state index in [0.717, 1.165) is 11.4 Å². The fourth-order valence-electron chi connectivity index (χ4n) is 3.06. The molecule has 0 radical (unpaired) electrons. The Labute approximate surface area is 156 Å². The first-order valence-electron chi connectivity index (χ1n) is 8.90. The Balaban J connectivity index is 1.84. The van der Waals surface area contributed by atoms with Gasteiger partial charge in [0.25, 0.3) is 0 Å².